The van der Waals surface area contributed by atoms with Crippen molar-refractivity contribution in [3.8, 4) is 0 Å². The van der Waals surface area contributed by atoms with Crippen molar-refractivity contribution in [2.75, 3.05) is 0 Å². The first kappa shape index (κ1) is 16.6. The lowest BCUT2D eigenvalue weighted by Gasteiger charge is -2.25. The highest BCUT2D eigenvalue weighted by Gasteiger charge is 2.43. The van der Waals surface area contributed by atoms with Gasteiger partial charge in [0.05, 0.1) is 0 Å². The second kappa shape index (κ2) is 6.47. The summed E-state index contributed by atoms with van der Waals surface area (Å²) in [5, 5.41) is 0. The first-order valence-electron chi connectivity index (χ1n) is 9.74. The van der Waals surface area contributed by atoms with Gasteiger partial charge in [0.1, 0.15) is 11.6 Å². The second-order valence-electron chi connectivity index (χ2n) is 8.30. The van der Waals surface area contributed by atoms with Crippen molar-refractivity contribution in [3.63, 3.8) is 0 Å². The summed E-state index contributed by atoms with van der Waals surface area (Å²) in [5.41, 5.74) is 3.54. The van der Waals surface area contributed by atoms with E-state index in [9.17, 15) is 0 Å². The van der Waals surface area contributed by atoms with Crippen molar-refractivity contribution in [1.29, 1.82) is 0 Å². The molecule has 0 amide bonds. The SMILES string of the molecule is CC(C)c1cc(C2CC2c2nccc(C(C)C)n2)nc(C2CCC2)n1. The van der Waals surface area contributed by atoms with Crippen LogP contribution in [0.25, 0.3) is 0 Å². The molecule has 132 valence electrons. The van der Waals surface area contributed by atoms with Crippen LogP contribution in [0.3, 0.4) is 0 Å². The first-order valence-corrected chi connectivity index (χ1v) is 9.74. The van der Waals surface area contributed by atoms with Crippen LogP contribution >= 0.6 is 0 Å². The minimum atomic E-state index is 0.419. The third kappa shape index (κ3) is 3.31. The summed E-state index contributed by atoms with van der Waals surface area (Å²) in [7, 11) is 0. The van der Waals surface area contributed by atoms with Crippen molar-refractivity contribution in [2.24, 2.45) is 0 Å². The Morgan fingerprint density at radius 3 is 2.24 bits per heavy atom. The van der Waals surface area contributed by atoms with Gasteiger partial charge in [-0.1, -0.05) is 34.1 Å². The normalized spacial score (nSPS) is 23.1. The van der Waals surface area contributed by atoms with Crippen LogP contribution in [-0.2, 0) is 0 Å². The fraction of sp³-hybridized carbons (Fsp3) is 0.619. The van der Waals surface area contributed by atoms with Crippen LogP contribution in [0.4, 0.5) is 0 Å². The fourth-order valence-electron chi connectivity index (χ4n) is 3.54. The highest BCUT2D eigenvalue weighted by Crippen LogP contribution is 2.53. The molecule has 0 aromatic carbocycles. The second-order valence-corrected chi connectivity index (χ2v) is 8.30. The molecule has 2 aliphatic rings. The van der Waals surface area contributed by atoms with Gasteiger partial charge in [-0.05, 0) is 43.2 Å². The predicted molar refractivity (Wildman–Crippen MR) is 98.9 cm³/mol. The molecular formula is C21H28N4. The van der Waals surface area contributed by atoms with Crippen molar-refractivity contribution in [1.82, 2.24) is 19.9 Å². The maximum Gasteiger partial charge on any atom is 0.132 e. The molecule has 0 radical (unpaired) electrons. The van der Waals surface area contributed by atoms with Gasteiger partial charge in [0.25, 0.3) is 0 Å². The molecule has 0 N–H and O–H groups in total. The van der Waals surface area contributed by atoms with Gasteiger partial charge in [-0.2, -0.15) is 0 Å². The Balaban J connectivity index is 1.60. The van der Waals surface area contributed by atoms with Crippen LogP contribution in [0.5, 0.6) is 0 Å². The van der Waals surface area contributed by atoms with E-state index in [4.69, 9.17) is 15.0 Å². The lowest BCUT2D eigenvalue weighted by Crippen LogP contribution is -2.15. The fourth-order valence-corrected chi connectivity index (χ4v) is 3.54. The Kier molecular flexibility index (Phi) is 4.30. The molecule has 2 saturated carbocycles. The monoisotopic (exact) mass is 336 g/mol. The van der Waals surface area contributed by atoms with Gasteiger partial charge >= 0.3 is 0 Å². The van der Waals surface area contributed by atoms with Gasteiger partial charge in [0, 0.05) is 41.0 Å². The van der Waals surface area contributed by atoms with Gasteiger partial charge < -0.3 is 0 Å². The van der Waals surface area contributed by atoms with Crippen LogP contribution in [0.2, 0.25) is 0 Å². The molecule has 2 atom stereocenters. The third-order valence-corrected chi connectivity index (χ3v) is 5.63. The number of rotatable bonds is 5. The summed E-state index contributed by atoms with van der Waals surface area (Å²) in [4.78, 5) is 19.2. The van der Waals surface area contributed by atoms with Gasteiger partial charge in [-0.15, -0.1) is 0 Å². The molecule has 2 heterocycles. The Bertz CT molecular complexity index is 764. The average Bonchev–Trinajstić information content (AvgIpc) is 3.33. The lowest BCUT2D eigenvalue weighted by atomic mass is 9.84. The van der Waals surface area contributed by atoms with Crippen LogP contribution in [0.15, 0.2) is 18.3 Å². The van der Waals surface area contributed by atoms with Gasteiger partial charge in [0.15, 0.2) is 0 Å². The molecule has 0 aliphatic heterocycles. The van der Waals surface area contributed by atoms with E-state index in [-0.39, 0.29) is 0 Å². The molecule has 0 saturated heterocycles. The number of nitrogens with zero attached hydrogens (tertiary/aromatic N) is 4. The van der Waals surface area contributed by atoms with E-state index < -0.39 is 0 Å². The molecule has 2 unspecified atom stereocenters. The molecule has 4 rings (SSSR count). The zero-order chi connectivity index (χ0) is 17.6. The Labute approximate surface area is 150 Å². The lowest BCUT2D eigenvalue weighted by molar-refractivity contribution is 0.398. The standard InChI is InChI=1S/C21H28N4/c1-12(2)17-8-9-22-21(23-17)16-10-15(16)19-11-18(13(3)4)24-20(25-19)14-6-5-7-14/h8-9,11-16H,5-7,10H2,1-4H3. The van der Waals surface area contributed by atoms with E-state index in [0.717, 1.165) is 23.8 Å². The maximum atomic E-state index is 4.97. The number of hydrogen-bond acceptors (Lipinski definition) is 4. The van der Waals surface area contributed by atoms with E-state index in [2.05, 4.69) is 38.7 Å². The summed E-state index contributed by atoms with van der Waals surface area (Å²) in [6, 6.07) is 4.26. The highest BCUT2D eigenvalue weighted by molar-refractivity contribution is 5.30. The summed E-state index contributed by atoms with van der Waals surface area (Å²) in [5.74, 6) is 4.41. The van der Waals surface area contributed by atoms with Crippen molar-refractivity contribution in [2.45, 2.75) is 83.0 Å². The van der Waals surface area contributed by atoms with E-state index in [1.807, 2.05) is 12.3 Å². The topological polar surface area (TPSA) is 51.6 Å². The number of hydrogen-bond donors (Lipinski definition) is 0. The summed E-state index contributed by atoms with van der Waals surface area (Å²) < 4.78 is 0. The van der Waals surface area contributed by atoms with Crippen molar-refractivity contribution < 1.29 is 0 Å². The Hall–Kier alpha value is -1.84. The molecule has 0 spiro atoms. The molecule has 2 fully saturated rings. The summed E-state index contributed by atoms with van der Waals surface area (Å²) >= 11 is 0. The predicted octanol–water partition coefficient (Wildman–Crippen LogP) is 5.05. The average molecular weight is 336 g/mol. The van der Waals surface area contributed by atoms with Crippen molar-refractivity contribution in [3.05, 3.63) is 47.1 Å². The summed E-state index contributed by atoms with van der Waals surface area (Å²) in [6.07, 6.45) is 6.83. The van der Waals surface area contributed by atoms with Crippen LogP contribution < -0.4 is 0 Å². The molecule has 0 bridgehead atoms. The van der Waals surface area contributed by atoms with E-state index >= 15 is 0 Å². The minimum Gasteiger partial charge on any atom is -0.241 e. The zero-order valence-electron chi connectivity index (χ0n) is 15.7. The molecule has 2 aliphatic carbocycles. The highest BCUT2D eigenvalue weighted by atomic mass is 14.9. The van der Waals surface area contributed by atoms with Gasteiger partial charge in [0.2, 0.25) is 0 Å². The van der Waals surface area contributed by atoms with Gasteiger partial charge in [-0.3, -0.25) is 0 Å². The van der Waals surface area contributed by atoms with Crippen LogP contribution in [0, 0.1) is 0 Å². The molecular weight excluding hydrogens is 308 g/mol. The third-order valence-electron chi connectivity index (χ3n) is 5.63. The quantitative estimate of drug-likeness (QED) is 0.766. The van der Waals surface area contributed by atoms with E-state index in [0.29, 0.717) is 29.6 Å². The number of aromatic nitrogens is 4. The van der Waals surface area contributed by atoms with E-state index in [1.54, 1.807) is 0 Å². The summed E-state index contributed by atoms with van der Waals surface area (Å²) in [6.45, 7) is 8.80. The van der Waals surface area contributed by atoms with Gasteiger partial charge in [-0.25, -0.2) is 19.9 Å². The first-order chi connectivity index (χ1) is 12.0. The molecule has 4 heteroatoms. The Morgan fingerprint density at radius 2 is 1.60 bits per heavy atom. The molecule has 4 nitrogen and oxygen atoms in total. The maximum absolute atomic E-state index is 4.97. The molecule has 2 aromatic heterocycles. The largest absolute Gasteiger partial charge is 0.241 e. The van der Waals surface area contributed by atoms with Crippen molar-refractivity contribution >= 4 is 0 Å². The zero-order valence-corrected chi connectivity index (χ0v) is 15.7. The Morgan fingerprint density at radius 1 is 0.880 bits per heavy atom. The van der Waals surface area contributed by atoms with Crippen LogP contribution in [-0.4, -0.2) is 19.9 Å². The minimum absolute atomic E-state index is 0.419. The molecule has 2 aromatic rings. The molecule has 25 heavy (non-hydrogen) atoms. The smallest absolute Gasteiger partial charge is 0.132 e. The van der Waals surface area contributed by atoms with E-state index in [1.165, 1.54) is 30.7 Å². The van der Waals surface area contributed by atoms with Crippen LogP contribution in [0.1, 0.15) is 112 Å².